The molecule has 0 amide bonds. The van der Waals surface area contributed by atoms with Crippen LogP contribution >= 0.6 is 0 Å². The predicted octanol–water partition coefficient (Wildman–Crippen LogP) is 7.49. The smallest absolute Gasteiger partial charge is 0.0319 e. The van der Waals surface area contributed by atoms with Gasteiger partial charge >= 0.3 is 0 Å². The van der Waals surface area contributed by atoms with Crippen molar-refractivity contribution in [3.05, 3.63) is 71.9 Å². The molecule has 0 atom stereocenters. The van der Waals surface area contributed by atoms with Crippen LogP contribution < -0.4 is 0 Å². The van der Waals surface area contributed by atoms with E-state index in [0.717, 1.165) is 13.0 Å². The Labute approximate surface area is 184 Å². The number of hydrogen-bond donors (Lipinski definition) is 0. The molecule has 0 aliphatic carbocycles. The van der Waals surface area contributed by atoms with Crippen LogP contribution in [0.2, 0.25) is 0 Å². The van der Waals surface area contributed by atoms with Crippen LogP contribution in [0.1, 0.15) is 58.2 Å². The topological polar surface area (TPSA) is 4.93 Å². The van der Waals surface area contributed by atoms with Crippen LogP contribution in [0.3, 0.4) is 0 Å². The van der Waals surface area contributed by atoms with Crippen molar-refractivity contribution in [2.75, 3.05) is 0 Å². The fourth-order valence-corrected chi connectivity index (χ4v) is 3.99. The molecule has 1 radical (unpaired) electrons. The Balaban J connectivity index is 0.00000280. The minimum atomic E-state index is 0. The number of hydrogen-bond acceptors (Lipinski definition) is 0. The summed E-state index contributed by atoms with van der Waals surface area (Å²) < 4.78 is 2.59. The van der Waals surface area contributed by atoms with Gasteiger partial charge in [0.25, 0.3) is 0 Å². The Morgan fingerprint density at radius 2 is 1.54 bits per heavy atom. The minimum absolute atomic E-state index is 0. The second-order valence-electron chi connectivity index (χ2n) is 9.01. The molecule has 1 nitrogen and oxygen atoms in total. The zero-order chi connectivity index (χ0) is 19.6. The molecule has 0 saturated carbocycles. The van der Waals surface area contributed by atoms with E-state index in [4.69, 9.17) is 0 Å². The largest absolute Gasteiger partial charge is 0.345 e. The van der Waals surface area contributed by atoms with Gasteiger partial charge in [0.05, 0.1) is 0 Å². The van der Waals surface area contributed by atoms with Crippen molar-refractivity contribution in [2.24, 2.45) is 5.41 Å². The molecule has 3 rings (SSSR count). The summed E-state index contributed by atoms with van der Waals surface area (Å²) in [6, 6.07) is 22.4. The van der Waals surface area contributed by atoms with Crippen molar-refractivity contribution in [1.82, 2.24) is 4.57 Å². The van der Waals surface area contributed by atoms with Gasteiger partial charge in [0.2, 0.25) is 0 Å². The quantitative estimate of drug-likeness (QED) is 0.293. The molecule has 0 spiro atoms. The van der Waals surface area contributed by atoms with E-state index < -0.39 is 0 Å². The van der Waals surface area contributed by atoms with Crippen LogP contribution in [0.5, 0.6) is 0 Å². The molecule has 0 saturated heterocycles. The summed E-state index contributed by atoms with van der Waals surface area (Å²) in [5.74, 6) is 0.483. The SMILES string of the molecule is Cc1c(-c2ccccc2)c(-c2cc[c-]cc2)n(CCC(C)(C)C)c1C(C)C.[Re]. The van der Waals surface area contributed by atoms with Crippen LogP contribution in [0.4, 0.5) is 0 Å². The molecule has 2 heteroatoms. The third-order valence-corrected chi connectivity index (χ3v) is 5.24. The van der Waals surface area contributed by atoms with Gasteiger partial charge in [-0.2, -0.15) is 30.3 Å². The van der Waals surface area contributed by atoms with Crippen LogP contribution in [0, 0.1) is 18.4 Å². The molecular formula is C26H32NRe-. The molecule has 0 bridgehead atoms. The van der Waals surface area contributed by atoms with E-state index in [0.29, 0.717) is 11.3 Å². The summed E-state index contributed by atoms with van der Waals surface area (Å²) in [5, 5.41) is 0. The van der Waals surface area contributed by atoms with E-state index in [-0.39, 0.29) is 20.4 Å². The molecule has 0 aliphatic rings. The Morgan fingerprint density at radius 3 is 2.07 bits per heavy atom. The van der Waals surface area contributed by atoms with E-state index in [1.807, 2.05) is 12.1 Å². The monoisotopic (exact) mass is 545 g/mol. The Morgan fingerprint density at radius 1 is 0.929 bits per heavy atom. The Bertz CT molecular complexity index is 884. The average Bonchev–Trinajstić information content (AvgIpc) is 2.93. The Hall–Kier alpha value is -1.62. The van der Waals surface area contributed by atoms with Gasteiger partial charge in [-0.15, -0.1) is 5.56 Å². The van der Waals surface area contributed by atoms with Gasteiger partial charge < -0.3 is 4.57 Å². The molecule has 28 heavy (non-hydrogen) atoms. The van der Waals surface area contributed by atoms with Crippen molar-refractivity contribution >= 4 is 0 Å². The third-order valence-electron chi connectivity index (χ3n) is 5.24. The van der Waals surface area contributed by atoms with Gasteiger partial charge in [-0.1, -0.05) is 65.0 Å². The Kier molecular flexibility index (Phi) is 7.49. The second kappa shape index (κ2) is 9.25. The number of nitrogens with zero attached hydrogens (tertiary/aromatic N) is 1. The van der Waals surface area contributed by atoms with Crippen molar-refractivity contribution in [3.8, 4) is 22.4 Å². The van der Waals surface area contributed by atoms with E-state index in [1.54, 1.807) is 0 Å². The van der Waals surface area contributed by atoms with Crippen molar-refractivity contribution in [1.29, 1.82) is 0 Å². The van der Waals surface area contributed by atoms with E-state index in [1.165, 1.54) is 33.6 Å². The minimum Gasteiger partial charge on any atom is -0.345 e. The molecule has 0 unspecified atom stereocenters. The van der Waals surface area contributed by atoms with E-state index in [2.05, 4.69) is 94.6 Å². The van der Waals surface area contributed by atoms with Gasteiger partial charge in [0, 0.05) is 43.9 Å². The van der Waals surface area contributed by atoms with Crippen LogP contribution in [0.25, 0.3) is 22.4 Å². The van der Waals surface area contributed by atoms with Gasteiger partial charge in [0.15, 0.2) is 0 Å². The first-order valence-electron chi connectivity index (χ1n) is 10.0. The zero-order valence-corrected chi connectivity index (χ0v) is 20.7. The molecular weight excluding hydrogens is 512 g/mol. The molecule has 149 valence electrons. The van der Waals surface area contributed by atoms with Crippen LogP contribution in [0.15, 0.2) is 54.6 Å². The zero-order valence-electron chi connectivity index (χ0n) is 18.0. The maximum Gasteiger partial charge on any atom is 0.0319 e. The predicted molar refractivity (Wildman–Crippen MR) is 117 cm³/mol. The third kappa shape index (κ3) is 4.86. The fourth-order valence-electron chi connectivity index (χ4n) is 3.99. The first-order chi connectivity index (χ1) is 12.8. The molecule has 1 heterocycles. The number of aromatic nitrogens is 1. The number of rotatable bonds is 5. The maximum absolute atomic E-state index is 3.17. The molecule has 2 aromatic carbocycles. The van der Waals surface area contributed by atoms with Crippen LogP contribution in [-0.4, -0.2) is 4.57 Å². The summed E-state index contributed by atoms with van der Waals surface area (Å²) in [4.78, 5) is 0. The second-order valence-corrected chi connectivity index (χ2v) is 9.01. The standard InChI is InChI=1S/C26H32N.Re/c1-19(2)24-20(3)23(21-13-9-7-10-14-21)25(22-15-11-8-12-16-22)27(24)18-17-26(4,5)6;/h7,9-16,19H,17-18H2,1-6H3;/q-1;. The maximum atomic E-state index is 3.17. The normalized spacial score (nSPS) is 11.5. The number of benzene rings is 2. The summed E-state index contributed by atoms with van der Waals surface area (Å²) in [6.45, 7) is 14.9. The summed E-state index contributed by atoms with van der Waals surface area (Å²) in [5.41, 5.74) is 8.47. The summed E-state index contributed by atoms with van der Waals surface area (Å²) in [7, 11) is 0. The van der Waals surface area contributed by atoms with Crippen molar-refractivity contribution in [2.45, 2.75) is 60.4 Å². The first-order valence-corrected chi connectivity index (χ1v) is 10.0. The molecule has 3 aromatic rings. The van der Waals surface area contributed by atoms with E-state index in [9.17, 15) is 0 Å². The van der Waals surface area contributed by atoms with Gasteiger partial charge in [-0.25, -0.2) is 0 Å². The molecule has 1 aromatic heterocycles. The van der Waals surface area contributed by atoms with Crippen molar-refractivity contribution < 1.29 is 20.4 Å². The van der Waals surface area contributed by atoms with Crippen LogP contribution in [-0.2, 0) is 27.0 Å². The van der Waals surface area contributed by atoms with E-state index >= 15 is 0 Å². The molecule has 0 aliphatic heterocycles. The van der Waals surface area contributed by atoms with Gasteiger partial charge in [-0.3, -0.25) is 0 Å². The average molecular weight is 545 g/mol. The summed E-state index contributed by atoms with van der Waals surface area (Å²) in [6.07, 6.45) is 1.15. The first kappa shape index (κ1) is 22.7. The van der Waals surface area contributed by atoms with Gasteiger partial charge in [0.1, 0.15) is 0 Å². The van der Waals surface area contributed by atoms with Gasteiger partial charge in [-0.05, 0) is 35.8 Å². The van der Waals surface area contributed by atoms with Crippen molar-refractivity contribution in [3.63, 3.8) is 0 Å². The molecule has 0 N–H and O–H groups in total. The fraction of sp³-hybridized carbons (Fsp3) is 0.385. The molecule has 0 fully saturated rings. The summed E-state index contributed by atoms with van der Waals surface area (Å²) >= 11 is 0.